The molecule has 36 heavy (non-hydrogen) atoms. The van der Waals surface area contributed by atoms with Gasteiger partial charge in [-0.1, -0.05) is 0 Å². The van der Waals surface area contributed by atoms with Crippen molar-refractivity contribution in [2.24, 2.45) is 0 Å². The zero-order chi connectivity index (χ0) is 25.2. The van der Waals surface area contributed by atoms with E-state index < -0.39 is 0 Å². The Kier molecular flexibility index (Phi) is 10.1. The van der Waals surface area contributed by atoms with E-state index in [0.29, 0.717) is 46.2 Å². The third-order valence-electron chi connectivity index (χ3n) is 6.14. The first-order valence-electron chi connectivity index (χ1n) is 12.0. The molecular formula is C29H34O6Se. The molecule has 3 aromatic rings. The van der Waals surface area contributed by atoms with E-state index in [2.05, 4.69) is 0 Å². The zero-order valence-electron chi connectivity index (χ0n) is 21.1. The van der Waals surface area contributed by atoms with Crippen molar-refractivity contribution in [2.45, 2.75) is 42.2 Å². The summed E-state index contributed by atoms with van der Waals surface area (Å²) in [7, 11) is 5.02. The van der Waals surface area contributed by atoms with Gasteiger partial charge in [-0.3, -0.25) is 0 Å². The topological polar surface area (TPSA) is 55.4 Å². The summed E-state index contributed by atoms with van der Waals surface area (Å²) in [5.74, 6) is 2.54. The number of hydrogen-bond donors (Lipinski definition) is 0. The average Bonchev–Trinajstić information content (AvgIpc) is 3.33. The molecule has 3 unspecified atom stereocenters. The molecule has 0 aromatic heterocycles. The maximum atomic E-state index is 6.48. The van der Waals surface area contributed by atoms with E-state index in [9.17, 15) is 0 Å². The van der Waals surface area contributed by atoms with Gasteiger partial charge >= 0.3 is 220 Å². The van der Waals surface area contributed by atoms with Gasteiger partial charge in [0.15, 0.2) is 0 Å². The first kappa shape index (κ1) is 26.5. The van der Waals surface area contributed by atoms with Crippen molar-refractivity contribution < 1.29 is 28.4 Å². The van der Waals surface area contributed by atoms with E-state index in [1.54, 1.807) is 21.3 Å². The number of benzene rings is 3. The molecule has 1 aliphatic heterocycles. The molecule has 7 heteroatoms. The van der Waals surface area contributed by atoms with Crippen LogP contribution in [0.1, 0.15) is 16.7 Å². The van der Waals surface area contributed by atoms with Gasteiger partial charge in [0, 0.05) is 0 Å². The van der Waals surface area contributed by atoms with Crippen molar-refractivity contribution in [2.75, 3.05) is 27.9 Å². The van der Waals surface area contributed by atoms with Crippen LogP contribution in [-0.2, 0) is 34.0 Å². The summed E-state index contributed by atoms with van der Waals surface area (Å²) >= 11 is 0.370. The average molecular weight is 558 g/mol. The minimum absolute atomic E-state index is 0.0128. The van der Waals surface area contributed by atoms with Crippen LogP contribution in [0.2, 0.25) is 10.1 Å². The van der Waals surface area contributed by atoms with Crippen LogP contribution >= 0.6 is 0 Å². The Balaban J connectivity index is 1.35. The Morgan fingerprint density at radius 1 is 0.611 bits per heavy atom. The Morgan fingerprint density at radius 3 is 1.53 bits per heavy atom. The van der Waals surface area contributed by atoms with Crippen LogP contribution in [0.4, 0.5) is 0 Å². The van der Waals surface area contributed by atoms with Gasteiger partial charge in [-0.2, -0.15) is 0 Å². The van der Waals surface area contributed by atoms with Crippen LogP contribution in [-0.4, -0.2) is 55.1 Å². The predicted molar refractivity (Wildman–Crippen MR) is 140 cm³/mol. The Labute approximate surface area is 220 Å². The van der Waals surface area contributed by atoms with Crippen molar-refractivity contribution >= 4 is 15.0 Å². The molecular weight excluding hydrogens is 523 g/mol. The van der Waals surface area contributed by atoms with Gasteiger partial charge in [0.1, 0.15) is 0 Å². The van der Waals surface area contributed by atoms with Crippen LogP contribution in [0.3, 0.4) is 0 Å². The van der Waals surface area contributed by atoms with Gasteiger partial charge in [-0.15, -0.1) is 0 Å². The standard InChI is InChI=1S/C29H34O6Se/c1-30-24-10-4-21(5-11-24)16-33-19-28-29(35-18-23-8-14-26(32-3)15-9-23)27(20-36-28)34-17-22-6-12-25(31-2)13-7-22/h4-15,27-29H,16-20H2,1-3H3. The SMILES string of the molecule is COc1ccc(COCC2[Se]CC(OCc3ccc(OC)cc3)C2OCc2ccc(OC)cc2)cc1. The van der Waals surface area contributed by atoms with Gasteiger partial charge in [-0.25, -0.2) is 0 Å². The van der Waals surface area contributed by atoms with Gasteiger partial charge in [0.25, 0.3) is 0 Å². The first-order valence-corrected chi connectivity index (χ1v) is 14.2. The molecule has 6 nitrogen and oxygen atoms in total. The second-order valence-corrected chi connectivity index (χ2v) is 11.2. The Hall–Kier alpha value is -2.54. The third kappa shape index (κ3) is 7.48. The van der Waals surface area contributed by atoms with E-state index in [0.717, 1.165) is 39.3 Å². The molecule has 1 heterocycles. The van der Waals surface area contributed by atoms with Gasteiger partial charge < -0.3 is 0 Å². The summed E-state index contributed by atoms with van der Waals surface area (Å²) in [5, 5.41) is 1.01. The molecule has 0 aliphatic carbocycles. The second kappa shape index (κ2) is 13.7. The molecule has 0 amide bonds. The summed E-state index contributed by atoms with van der Waals surface area (Å²) in [4.78, 5) is 0.329. The van der Waals surface area contributed by atoms with Crippen molar-refractivity contribution in [1.82, 2.24) is 0 Å². The molecule has 0 bridgehead atoms. The fraction of sp³-hybridized carbons (Fsp3) is 0.379. The molecule has 4 rings (SSSR count). The third-order valence-corrected chi connectivity index (χ3v) is 8.98. The van der Waals surface area contributed by atoms with Crippen LogP contribution in [0, 0.1) is 0 Å². The van der Waals surface area contributed by atoms with Gasteiger partial charge in [-0.05, 0) is 0 Å². The van der Waals surface area contributed by atoms with Crippen molar-refractivity contribution in [1.29, 1.82) is 0 Å². The second-order valence-electron chi connectivity index (χ2n) is 8.56. The van der Waals surface area contributed by atoms with Crippen LogP contribution in [0.25, 0.3) is 0 Å². The fourth-order valence-corrected chi connectivity index (χ4v) is 6.85. The van der Waals surface area contributed by atoms with Crippen LogP contribution < -0.4 is 14.2 Å². The molecule has 0 saturated carbocycles. The summed E-state index contributed by atoms with van der Waals surface area (Å²) in [5.41, 5.74) is 3.36. The fourth-order valence-electron chi connectivity index (χ4n) is 4.00. The molecule has 0 N–H and O–H groups in total. The van der Waals surface area contributed by atoms with Crippen molar-refractivity contribution in [3.8, 4) is 17.2 Å². The molecule has 3 aromatic carbocycles. The number of hydrogen-bond acceptors (Lipinski definition) is 6. The van der Waals surface area contributed by atoms with E-state index in [-0.39, 0.29) is 12.2 Å². The molecule has 3 atom stereocenters. The van der Waals surface area contributed by atoms with Gasteiger partial charge in [0.2, 0.25) is 0 Å². The van der Waals surface area contributed by atoms with Crippen LogP contribution in [0.15, 0.2) is 72.8 Å². The number of ether oxygens (including phenoxy) is 6. The monoisotopic (exact) mass is 558 g/mol. The summed E-state index contributed by atoms with van der Waals surface area (Å²) < 4.78 is 34.8. The maximum absolute atomic E-state index is 6.48. The summed E-state index contributed by atoms with van der Waals surface area (Å²) in [6, 6.07) is 24.0. The number of rotatable bonds is 13. The summed E-state index contributed by atoms with van der Waals surface area (Å²) in [6.45, 7) is 2.30. The van der Waals surface area contributed by atoms with Crippen LogP contribution in [0.5, 0.6) is 17.2 Å². The Morgan fingerprint density at radius 2 is 1.06 bits per heavy atom. The molecule has 1 saturated heterocycles. The quantitative estimate of drug-likeness (QED) is 0.265. The van der Waals surface area contributed by atoms with Crippen molar-refractivity contribution in [3.63, 3.8) is 0 Å². The van der Waals surface area contributed by atoms with Gasteiger partial charge in [0.05, 0.1) is 0 Å². The van der Waals surface area contributed by atoms with Crippen molar-refractivity contribution in [3.05, 3.63) is 89.5 Å². The van der Waals surface area contributed by atoms with E-state index in [1.807, 2.05) is 72.8 Å². The van der Waals surface area contributed by atoms with E-state index in [4.69, 9.17) is 28.4 Å². The van der Waals surface area contributed by atoms with E-state index in [1.165, 1.54) is 0 Å². The van der Waals surface area contributed by atoms with E-state index >= 15 is 0 Å². The molecule has 1 aliphatic rings. The predicted octanol–water partition coefficient (Wildman–Crippen LogP) is 5.32. The zero-order valence-corrected chi connectivity index (χ0v) is 22.8. The normalized spacial score (nSPS) is 19.2. The molecule has 0 spiro atoms. The minimum atomic E-state index is -0.0128. The molecule has 1 fully saturated rings. The number of methoxy groups -OCH3 is 3. The molecule has 0 radical (unpaired) electrons. The molecule has 192 valence electrons. The Bertz CT molecular complexity index is 1040. The first-order chi connectivity index (χ1) is 17.7. The summed E-state index contributed by atoms with van der Waals surface area (Å²) in [6.07, 6.45) is 0.0288.